The van der Waals surface area contributed by atoms with E-state index in [1.165, 1.54) is 32.1 Å². The maximum absolute atomic E-state index is 2.82. The van der Waals surface area contributed by atoms with E-state index in [9.17, 15) is 0 Å². The first kappa shape index (κ1) is 53.4. The zero-order chi connectivity index (χ0) is 22.2. The van der Waals surface area contributed by atoms with Gasteiger partial charge >= 0.3 is 0 Å². The second kappa shape index (κ2) is 33.2. The van der Waals surface area contributed by atoms with Gasteiger partial charge in [0.25, 0.3) is 0 Å². The third kappa shape index (κ3) is 19.5. The fourth-order valence-electron chi connectivity index (χ4n) is 3.99. The van der Waals surface area contributed by atoms with Crippen molar-refractivity contribution in [1.29, 1.82) is 0 Å². The molecule has 0 amide bonds. The van der Waals surface area contributed by atoms with Gasteiger partial charge in [-0.3, -0.25) is 4.90 Å². The van der Waals surface area contributed by atoms with Gasteiger partial charge in [0.1, 0.15) is 6.71 Å². The highest BCUT2D eigenvalue weighted by Crippen LogP contribution is 2.46. The maximum Gasteiger partial charge on any atom is 0.146 e. The highest BCUT2D eigenvalue weighted by atomic mass is 15.2. The minimum absolute atomic E-state index is 0. The van der Waals surface area contributed by atoms with Gasteiger partial charge in [-0.2, -0.15) is 0 Å². The molecular formula is C30H78BN. The van der Waals surface area contributed by atoms with E-state index < -0.39 is 0 Å². The van der Waals surface area contributed by atoms with Gasteiger partial charge in [0.15, 0.2) is 0 Å². The predicted molar refractivity (Wildman–Crippen MR) is 166 cm³/mol. The van der Waals surface area contributed by atoms with Crippen LogP contribution in [0.15, 0.2) is 0 Å². The van der Waals surface area contributed by atoms with E-state index in [0.29, 0.717) is 0 Å². The standard InChI is InChI=1S/C13H26BN.4C3H8.5CH4/c1-8-7-13-10(3)14(6)9(2)12(5)15(13)11(8)4;4*1-3-2;;;;;/h8-13H,7H2,1-6H3;4*3H2,1-2H3;5*1H4/t8-,9-,10+,11-,12+,13-;;;;;;;;;/m0........./s1. The molecule has 0 N–H and O–H groups in total. The molecule has 0 radical (unpaired) electrons. The molecule has 0 aromatic carbocycles. The summed E-state index contributed by atoms with van der Waals surface area (Å²) in [4.78, 5) is 2.82. The maximum atomic E-state index is 2.82. The highest BCUT2D eigenvalue weighted by Gasteiger charge is 2.49. The van der Waals surface area contributed by atoms with Crippen molar-refractivity contribution in [2.45, 2.75) is 196 Å². The summed E-state index contributed by atoms with van der Waals surface area (Å²) < 4.78 is 0. The molecule has 0 bridgehead atoms. The number of hydrogen-bond donors (Lipinski definition) is 0. The Balaban J connectivity index is -0.0000000487. The average molecular weight is 464 g/mol. The molecule has 0 unspecified atom stereocenters. The third-order valence-electron chi connectivity index (χ3n) is 5.79. The van der Waals surface area contributed by atoms with Crippen LogP contribution in [0.4, 0.5) is 0 Å². The fraction of sp³-hybridized carbons (Fsp3) is 1.00. The Bertz CT molecular complexity index is 287. The van der Waals surface area contributed by atoms with Crippen LogP contribution in [-0.2, 0) is 0 Å². The van der Waals surface area contributed by atoms with Crippen molar-refractivity contribution in [2.24, 2.45) is 5.92 Å². The number of rotatable bonds is 0. The lowest BCUT2D eigenvalue weighted by Crippen LogP contribution is -2.54. The summed E-state index contributed by atoms with van der Waals surface area (Å²) in [5, 5.41) is 0. The monoisotopic (exact) mass is 464 g/mol. The average Bonchev–Trinajstić information content (AvgIpc) is 2.89. The first-order valence-electron chi connectivity index (χ1n) is 12.4. The Morgan fingerprint density at radius 1 is 0.562 bits per heavy atom. The smallest absolute Gasteiger partial charge is 0.146 e. The van der Waals surface area contributed by atoms with Crippen molar-refractivity contribution in [3.63, 3.8) is 0 Å². The molecule has 2 rings (SSSR count). The largest absolute Gasteiger partial charge is 0.296 e. The number of fused-ring (bicyclic) bond motifs is 1. The van der Waals surface area contributed by atoms with Crippen molar-refractivity contribution in [1.82, 2.24) is 4.90 Å². The van der Waals surface area contributed by atoms with E-state index in [1.54, 1.807) is 0 Å². The molecule has 2 fully saturated rings. The van der Waals surface area contributed by atoms with Gasteiger partial charge in [0.05, 0.1) is 0 Å². The summed E-state index contributed by atoms with van der Waals surface area (Å²) in [6, 6.07) is 2.43. The van der Waals surface area contributed by atoms with Crippen LogP contribution in [0.2, 0.25) is 18.5 Å². The van der Waals surface area contributed by atoms with Crippen molar-refractivity contribution >= 4 is 6.71 Å². The molecule has 6 atom stereocenters. The lowest BCUT2D eigenvalue weighted by atomic mass is 9.32. The molecule has 0 saturated carbocycles. The van der Waals surface area contributed by atoms with Gasteiger partial charge in [0.2, 0.25) is 0 Å². The molecule has 1 nitrogen and oxygen atoms in total. The molecular weight excluding hydrogens is 385 g/mol. The number of hydrogen-bond acceptors (Lipinski definition) is 1. The second-order valence-electron chi connectivity index (χ2n) is 9.11. The Kier molecular flexibility index (Phi) is 55.4. The van der Waals surface area contributed by atoms with Crippen LogP contribution in [0.25, 0.3) is 0 Å². The molecule has 0 aliphatic carbocycles. The second-order valence-corrected chi connectivity index (χ2v) is 9.11. The Morgan fingerprint density at radius 2 is 0.844 bits per heavy atom. The summed E-state index contributed by atoms with van der Waals surface area (Å²) in [5.41, 5.74) is 0. The highest BCUT2D eigenvalue weighted by molar-refractivity contribution is 6.61. The lowest BCUT2D eigenvalue weighted by Gasteiger charge is -2.48. The van der Waals surface area contributed by atoms with Gasteiger partial charge in [-0.05, 0) is 37.8 Å². The molecule has 2 heterocycles. The SMILES string of the molecule is C.C.C.C.C.CB1[C@@H](C)[C@@H](C)N2[C@@H](C)[C@@H](C)C[C@H]2[C@H]1C.CCC.CCC.CCC.CCC. The van der Waals surface area contributed by atoms with Crippen LogP contribution in [0.1, 0.15) is 159 Å². The third-order valence-corrected chi connectivity index (χ3v) is 5.79. The van der Waals surface area contributed by atoms with Gasteiger partial charge < -0.3 is 0 Å². The van der Waals surface area contributed by atoms with Gasteiger partial charge in [0, 0.05) is 18.1 Å². The lowest BCUT2D eigenvalue weighted by molar-refractivity contribution is 0.117. The van der Waals surface area contributed by atoms with E-state index in [2.05, 4.69) is 102 Å². The summed E-state index contributed by atoms with van der Waals surface area (Å²) in [5.74, 6) is 2.62. The van der Waals surface area contributed by atoms with Crippen molar-refractivity contribution in [3.05, 3.63) is 0 Å². The van der Waals surface area contributed by atoms with E-state index in [1.807, 2.05) is 0 Å². The van der Waals surface area contributed by atoms with E-state index in [0.717, 1.165) is 42.4 Å². The molecule has 32 heavy (non-hydrogen) atoms. The van der Waals surface area contributed by atoms with Crippen molar-refractivity contribution in [3.8, 4) is 0 Å². The van der Waals surface area contributed by atoms with E-state index in [-0.39, 0.29) is 37.1 Å². The Morgan fingerprint density at radius 3 is 1.12 bits per heavy atom. The van der Waals surface area contributed by atoms with Crippen LogP contribution in [0, 0.1) is 5.92 Å². The Hall–Kier alpha value is 0.0249. The van der Waals surface area contributed by atoms with E-state index >= 15 is 0 Å². The van der Waals surface area contributed by atoms with Gasteiger partial charge in [-0.25, -0.2) is 0 Å². The predicted octanol–water partition coefficient (Wildman–Crippen LogP) is 12.2. The zero-order valence-electron chi connectivity index (χ0n) is 22.0. The quantitative estimate of drug-likeness (QED) is 0.323. The van der Waals surface area contributed by atoms with Crippen LogP contribution in [0.5, 0.6) is 0 Å². The van der Waals surface area contributed by atoms with Crippen LogP contribution < -0.4 is 0 Å². The molecule has 0 aromatic rings. The molecule has 2 aliphatic rings. The van der Waals surface area contributed by atoms with Gasteiger partial charge in [-0.15, -0.1) is 0 Å². The summed E-state index contributed by atoms with van der Waals surface area (Å²) >= 11 is 0. The Labute approximate surface area is 213 Å². The summed E-state index contributed by atoms with van der Waals surface area (Å²) in [6.07, 6.45) is 6.42. The molecule has 206 valence electrons. The molecule has 0 spiro atoms. The minimum Gasteiger partial charge on any atom is -0.296 e. The van der Waals surface area contributed by atoms with Crippen molar-refractivity contribution in [2.75, 3.05) is 0 Å². The normalized spacial score (nSPS) is 26.6. The van der Waals surface area contributed by atoms with Crippen molar-refractivity contribution < 1.29 is 0 Å². The van der Waals surface area contributed by atoms with E-state index in [4.69, 9.17) is 0 Å². The van der Waals surface area contributed by atoms with Crippen LogP contribution >= 0.6 is 0 Å². The fourth-order valence-corrected chi connectivity index (χ4v) is 3.99. The molecule has 2 saturated heterocycles. The molecule has 2 aliphatic heterocycles. The minimum atomic E-state index is 0. The molecule has 2 heteroatoms. The topological polar surface area (TPSA) is 3.24 Å². The summed E-state index contributed by atoms with van der Waals surface area (Å²) in [7, 11) is 0. The first-order chi connectivity index (χ1) is 12.6. The van der Waals surface area contributed by atoms with Crippen LogP contribution in [0.3, 0.4) is 0 Å². The van der Waals surface area contributed by atoms with Crippen LogP contribution in [-0.4, -0.2) is 29.7 Å². The molecule has 0 aromatic heterocycles. The zero-order valence-corrected chi connectivity index (χ0v) is 22.0. The van der Waals surface area contributed by atoms with Gasteiger partial charge in [-0.1, -0.05) is 146 Å². The summed E-state index contributed by atoms with van der Waals surface area (Å²) in [6.45, 7) is 32.5. The first-order valence-corrected chi connectivity index (χ1v) is 12.4. The number of nitrogens with zero attached hydrogens (tertiary/aromatic N) is 1.